The predicted molar refractivity (Wildman–Crippen MR) is 128 cm³/mol. The van der Waals surface area contributed by atoms with E-state index in [1.54, 1.807) is 0 Å². The molecule has 0 aromatic heterocycles. The lowest BCUT2D eigenvalue weighted by atomic mass is 9.68. The number of alkyl halides is 2. The SMILES string of the molecule is CCCC[C@H]1CC[C@H](C2CCC(c3c(F)c[c]c(Oc4ccc(OC(F)F)c(F)c4)c3F)CC2)CC1. The zero-order valence-electron chi connectivity index (χ0n) is 20.7. The number of rotatable bonds is 9. The summed E-state index contributed by atoms with van der Waals surface area (Å²) in [6, 6.07) is 6.44. The molecule has 0 unspecified atom stereocenters. The molecule has 0 bridgehead atoms. The fraction of sp³-hybridized carbons (Fsp3) is 0.586. The van der Waals surface area contributed by atoms with Crippen LogP contribution in [0.1, 0.15) is 89.0 Å². The molecule has 0 N–H and O–H groups in total. The van der Waals surface area contributed by atoms with E-state index in [1.807, 2.05) is 0 Å². The van der Waals surface area contributed by atoms with E-state index in [-0.39, 0.29) is 23.0 Å². The van der Waals surface area contributed by atoms with E-state index in [0.717, 1.165) is 37.0 Å². The summed E-state index contributed by atoms with van der Waals surface area (Å²) in [4.78, 5) is 0. The van der Waals surface area contributed by atoms with Crippen LogP contribution >= 0.6 is 0 Å². The molecule has 2 saturated carbocycles. The number of benzene rings is 2. The molecule has 1 radical (unpaired) electrons. The van der Waals surface area contributed by atoms with Crippen LogP contribution in [0.3, 0.4) is 0 Å². The van der Waals surface area contributed by atoms with Gasteiger partial charge in [0.2, 0.25) is 0 Å². The lowest BCUT2D eigenvalue weighted by molar-refractivity contribution is -0.0522. The van der Waals surface area contributed by atoms with Gasteiger partial charge in [-0.1, -0.05) is 39.0 Å². The first kappa shape index (κ1) is 26.7. The molecule has 2 fully saturated rings. The fourth-order valence-corrected chi connectivity index (χ4v) is 6.12. The van der Waals surface area contributed by atoms with Crippen LogP contribution in [0, 0.1) is 41.3 Å². The Morgan fingerprint density at radius 2 is 1.58 bits per heavy atom. The van der Waals surface area contributed by atoms with Crippen molar-refractivity contribution >= 4 is 0 Å². The Morgan fingerprint density at radius 3 is 2.19 bits per heavy atom. The second-order valence-electron chi connectivity index (χ2n) is 10.3. The van der Waals surface area contributed by atoms with Crippen molar-refractivity contribution in [3.8, 4) is 17.2 Å². The van der Waals surface area contributed by atoms with Gasteiger partial charge in [-0.2, -0.15) is 8.78 Å². The highest BCUT2D eigenvalue weighted by Crippen LogP contribution is 2.46. The van der Waals surface area contributed by atoms with Gasteiger partial charge in [0, 0.05) is 17.7 Å². The number of ether oxygens (including phenoxy) is 2. The highest BCUT2D eigenvalue weighted by molar-refractivity contribution is 5.39. The zero-order valence-corrected chi connectivity index (χ0v) is 20.7. The molecule has 0 aliphatic heterocycles. The monoisotopic (exact) mass is 509 g/mol. The summed E-state index contributed by atoms with van der Waals surface area (Å²) in [5.41, 5.74) is -0.0106. The third-order valence-electron chi connectivity index (χ3n) is 8.07. The minimum Gasteiger partial charge on any atom is -0.453 e. The van der Waals surface area contributed by atoms with Crippen LogP contribution in [-0.4, -0.2) is 6.61 Å². The third kappa shape index (κ3) is 6.51. The lowest BCUT2D eigenvalue weighted by Crippen LogP contribution is -2.26. The first-order valence-electron chi connectivity index (χ1n) is 13.2. The molecular weight excluding hydrogens is 475 g/mol. The molecule has 0 heterocycles. The van der Waals surface area contributed by atoms with Crippen LogP contribution in [-0.2, 0) is 0 Å². The number of unbranched alkanes of at least 4 members (excludes halogenated alkanes) is 1. The van der Waals surface area contributed by atoms with Crippen LogP contribution in [0.4, 0.5) is 22.0 Å². The van der Waals surface area contributed by atoms with E-state index in [4.69, 9.17) is 4.74 Å². The summed E-state index contributed by atoms with van der Waals surface area (Å²) < 4.78 is 78.2. The van der Waals surface area contributed by atoms with Crippen LogP contribution in [0.25, 0.3) is 0 Å². The van der Waals surface area contributed by atoms with Gasteiger partial charge >= 0.3 is 6.61 Å². The maximum Gasteiger partial charge on any atom is 0.387 e. The van der Waals surface area contributed by atoms with Crippen molar-refractivity contribution in [2.45, 2.75) is 90.1 Å². The van der Waals surface area contributed by atoms with Crippen LogP contribution in [0.2, 0.25) is 0 Å². The van der Waals surface area contributed by atoms with E-state index >= 15 is 4.39 Å². The first-order valence-corrected chi connectivity index (χ1v) is 13.2. The van der Waals surface area contributed by atoms with E-state index in [9.17, 15) is 17.6 Å². The number of hydrogen-bond donors (Lipinski definition) is 0. The first-order chi connectivity index (χ1) is 17.4. The topological polar surface area (TPSA) is 18.5 Å². The number of hydrogen-bond acceptors (Lipinski definition) is 2. The average Bonchev–Trinajstić information content (AvgIpc) is 2.87. The second kappa shape index (κ2) is 12.3. The molecular formula is C29H34F5O2. The Bertz CT molecular complexity index is 995. The summed E-state index contributed by atoms with van der Waals surface area (Å²) in [7, 11) is 0. The summed E-state index contributed by atoms with van der Waals surface area (Å²) in [5, 5.41) is 0. The maximum atomic E-state index is 15.3. The predicted octanol–water partition coefficient (Wildman–Crippen LogP) is 9.57. The van der Waals surface area contributed by atoms with Crippen molar-refractivity contribution in [3.05, 3.63) is 53.3 Å². The van der Waals surface area contributed by atoms with E-state index in [1.165, 1.54) is 51.0 Å². The van der Waals surface area contributed by atoms with Gasteiger partial charge in [0.15, 0.2) is 23.1 Å². The van der Waals surface area contributed by atoms with Crippen molar-refractivity contribution < 1.29 is 31.4 Å². The normalized spacial score (nSPS) is 24.6. The summed E-state index contributed by atoms with van der Waals surface area (Å²) in [5.74, 6) is -1.76. The molecule has 2 nitrogen and oxygen atoms in total. The molecule has 2 aliphatic rings. The van der Waals surface area contributed by atoms with Crippen molar-refractivity contribution in [2.24, 2.45) is 17.8 Å². The highest BCUT2D eigenvalue weighted by atomic mass is 19.3. The summed E-state index contributed by atoms with van der Waals surface area (Å²) in [6.07, 6.45) is 12.4. The molecule has 2 aliphatic carbocycles. The molecule has 0 amide bonds. The summed E-state index contributed by atoms with van der Waals surface area (Å²) in [6.45, 7) is -0.936. The largest absolute Gasteiger partial charge is 0.453 e. The van der Waals surface area contributed by atoms with Gasteiger partial charge in [-0.3, -0.25) is 0 Å². The maximum absolute atomic E-state index is 15.3. The molecule has 2 aromatic rings. The average molecular weight is 510 g/mol. The number of halogens is 5. The third-order valence-corrected chi connectivity index (χ3v) is 8.07. The van der Waals surface area contributed by atoms with E-state index in [0.29, 0.717) is 24.7 Å². The molecule has 2 aromatic carbocycles. The van der Waals surface area contributed by atoms with Gasteiger partial charge in [0.1, 0.15) is 11.6 Å². The van der Waals surface area contributed by atoms with Gasteiger partial charge in [0.05, 0.1) is 0 Å². The van der Waals surface area contributed by atoms with Gasteiger partial charge in [-0.05, 0) is 80.4 Å². The Morgan fingerprint density at radius 1 is 0.917 bits per heavy atom. The smallest absolute Gasteiger partial charge is 0.387 e. The van der Waals surface area contributed by atoms with Crippen molar-refractivity contribution in [1.29, 1.82) is 0 Å². The standard InChI is InChI=1S/C29H34F5O2/c1-2-3-4-18-5-7-19(8-6-18)20-9-11-21(12-10-20)27-23(30)14-16-26(28(27)32)35-22-13-15-25(24(31)17-22)36-29(33)34/h13-15,17-21,29H,2-12H2,1H3/t18-,19-,20?,21?. The molecule has 0 spiro atoms. The molecule has 0 atom stereocenters. The van der Waals surface area contributed by atoms with Gasteiger partial charge < -0.3 is 9.47 Å². The molecule has 4 rings (SSSR count). The van der Waals surface area contributed by atoms with Crippen molar-refractivity contribution in [3.63, 3.8) is 0 Å². The fourth-order valence-electron chi connectivity index (χ4n) is 6.12. The van der Waals surface area contributed by atoms with Crippen molar-refractivity contribution in [2.75, 3.05) is 0 Å². The lowest BCUT2D eigenvalue weighted by Gasteiger charge is -2.38. The Labute approximate surface area is 210 Å². The van der Waals surface area contributed by atoms with E-state index < -0.39 is 29.8 Å². The van der Waals surface area contributed by atoms with Crippen LogP contribution in [0.5, 0.6) is 17.2 Å². The summed E-state index contributed by atoms with van der Waals surface area (Å²) >= 11 is 0. The second-order valence-corrected chi connectivity index (χ2v) is 10.3. The molecule has 36 heavy (non-hydrogen) atoms. The van der Waals surface area contributed by atoms with Crippen molar-refractivity contribution in [1.82, 2.24) is 0 Å². The Hall–Kier alpha value is -2.31. The minimum absolute atomic E-state index is 0.0106. The Balaban J connectivity index is 1.38. The highest BCUT2D eigenvalue weighted by Gasteiger charge is 2.33. The van der Waals surface area contributed by atoms with E-state index in [2.05, 4.69) is 17.7 Å². The zero-order chi connectivity index (χ0) is 25.7. The molecule has 0 saturated heterocycles. The quantitative estimate of drug-likeness (QED) is 0.313. The van der Waals surface area contributed by atoms with Crippen LogP contribution < -0.4 is 9.47 Å². The minimum atomic E-state index is -3.17. The molecule has 197 valence electrons. The molecule has 7 heteroatoms. The van der Waals surface area contributed by atoms with Crippen LogP contribution in [0.15, 0.2) is 24.3 Å². The van der Waals surface area contributed by atoms with Gasteiger partial charge in [-0.15, -0.1) is 0 Å². The van der Waals surface area contributed by atoms with Gasteiger partial charge in [0.25, 0.3) is 0 Å². The Kier molecular flexibility index (Phi) is 9.13. The van der Waals surface area contributed by atoms with Gasteiger partial charge in [-0.25, -0.2) is 13.2 Å².